The molecule has 1 N–H and O–H groups in total. The summed E-state index contributed by atoms with van der Waals surface area (Å²) in [7, 11) is 2.13. The molecule has 18 heavy (non-hydrogen) atoms. The van der Waals surface area contributed by atoms with Gasteiger partial charge in [-0.2, -0.15) is 0 Å². The summed E-state index contributed by atoms with van der Waals surface area (Å²) in [5.74, 6) is 0. The van der Waals surface area contributed by atoms with Crippen molar-refractivity contribution in [2.45, 2.75) is 19.9 Å². The number of hydrogen-bond donors (Lipinski definition) is 1. The van der Waals surface area contributed by atoms with Crippen molar-refractivity contribution in [3.8, 4) is 0 Å². The third-order valence-electron chi connectivity index (χ3n) is 2.66. The van der Waals surface area contributed by atoms with Crippen LogP contribution in [0.3, 0.4) is 0 Å². The van der Waals surface area contributed by atoms with Gasteiger partial charge in [0.2, 0.25) is 0 Å². The minimum Gasteiger partial charge on any atom is -0.313 e. The van der Waals surface area contributed by atoms with E-state index in [4.69, 9.17) is 0 Å². The predicted molar refractivity (Wildman–Crippen MR) is 82.8 cm³/mol. The van der Waals surface area contributed by atoms with E-state index in [2.05, 4.69) is 71.0 Å². The maximum absolute atomic E-state index is 4.11. The maximum Gasteiger partial charge on any atom is 0.0234 e. The highest BCUT2D eigenvalue weighted by atomic mass is 79.9. The second kappa shape index (κ2) is 8.46. The first-order valence-electron chi connectivity index (χ1n) is 6.42. The Morgan fingerprint density at radius 1 is 1.33 bits per heavy atom. The lowest BCUT2D eigenvalue weighted by Crippen LogP contribution is -2.26. The summed E-state index contributed by atoms with van der Waals surface area (Å²) in [5.41, 5.74) is 2.57. The van der Waals surface area contributed by atoms with Gasteiger partial charge in [0.15, 0.2) is 0 Å². The van der Waals surface area contributed by atoms with Crippen LogP contribution in [0.5, 0.6) is 0 Å². The Bertz CT molecular complexity index is 359. The number of nitrogens with one attached hydrogen (secondary N) is 1. The Morgan fingerprint density at radius 2 is 2.00 bits per heavy atom. The second-order valence-corrected chi connectivity index (χ2v) is 5.64. The minimum atomic E-state index is 0.915. The first-order chi connectivity index (χ1) is 8.61. The number of halogens is 1. The summed E-state index contributed by atoms with van der Waals surface area (Å²) in [4.78, 5) is 2.29. The van der Waals surface area contributed by atoms with Gasteiger partial charge in [-0.15, -0.1) is 0 Å². The number of nitrogens with zero attached hydrogens (tertiary/aromatic N) is 1. The van der Waals surface area contributed by atoms with E-state index in [0.717, 1.165) is 30.7 Å². The highest BCUT2D eigenvalue weighted by Crippen LogP contribution is 2.12. The van der Waals surface area contributed by atoms with E-state index in [9.17, 15) is 0 Å². The predicted octanol–water partition coefficient (Wildman–Crippen LogP) is 3.44. The summed E-state index contributed by atoms with van der Waals surface area (Å²) < 4.78 is 1.13. The van der Waals surface area contributed by atoms with Crippen molar-refractivity contribution in [2.24, 2.45) is 0 Å². The van der Waals surface area contributed by atoms with E-state index in [1.165, 1.54) is 17.6 Å². The highest BCUT2D eigenvalue weighted by Gasteiger charge is 2.02. The molecule has 0 aliphatic carbocycles. The van der Waals surface area contributed by atoms with Crippen LogP contribution >= 0.6 is 15.9 Å². The molecule has 0 saturated carbocycles. The van der Waals surface area contributed by atoms with Crippen LogP contribution in [0.1, 0.15) is 18.9 Å². The summed E-state index contributed by atoms with van der Waals surface area (Å²) >= 11 is 3.45. The van der Waals surface area contributed by atoms with Crippen molar-refractivity contribution in [3.05, 3.63) is 46.5 Å². The molecule has 0 atom stereocenters. The molecule has 0 unspecified atom stereocenters. The zero-order valence-electron chi connectivity index (χ0n) is 11.4. The first-order valence-corrected chi connectivity index (χ1v) is 7.21. The lowest BCUT2D eigenvalue weighted by Gasteiger charge is -2.18. The van der Waals surface area contributed by atoms with E-state index in [-0.39, 0.29) is 0 Å². The fourth-order valence-electron chi connectivity index (χ4n) is 1.84. The molecular formula is C15H23BrN2. The fraction of sp³-hybridized carbons (Fsp3) is 0.467. The van der Waals surface area contributed by atoms with Gasteiger partial charge >= 0.3 is 0 Å². The van der Waals surface area contributed by atoms with Gasteiger partial charge in [0.1, 0.15) is 0 Å². The molecule has 0 radical (unpaired) electrons. The van der Waals surface area contributed by atoms with Gasteiger partial charge in [0, 0.05) is 24.1 Å². The van der Waals surface area contributed by atoms with Crippen molar-refractivity contribution in [3.63, 3.8) is 0 Å². The van der Waals surface area contributed by atoms with Crippen LogP contribution in [-0.2, 0) is 6.54 Å². The summed E-state index contributed by atoms with van der Waals surface area (Å²) in [6.45, 7) is 10.2. The van der Waals surface area contributed by atoms with Gasteiger partial charge in [0.05, 0.1) is 0 Å². The quantitative estimate of drug-likeness (QED) is 0.584. The van der Waals surface area contributed by atoms with Gasteiger partial charge in [-0.05, 0) is 43.3 Å². The molecule has 0 fully saturated rings. The Kier molecular flexibility index (Phi) is 7.25. The number of hydrogen-bond acceptors (Lipinski definition) is 2. The first kappa shape index (κ1) is 15.4. The molecule has 1 rings (SSSR count). The molecule has 0 aliphatic heterocycles. The molecule has 0 aromatic heterocycles. The van der Waals surface area contributed by atoms with Crippen molar-refractivity contribution in [1.82, 2.24) is 10.2 Å². The summed E-state index contributed by atoms with van der Waals surface area (Å²) in [5, 5.41) is 3.38. The van der Waals surface area contributed by atoms with Crippen molar-refractivity contribution < 1.29 is 0 Å². The van der Waals surface area contributed by atoms with Gasteiger partial charge in [-0.1, -0.05) is 41.6 Å². The maximum atomic E-state index is 4.11. The Hall–Kier alpha value is -0.640. The number of rotatable bonds is 8. The van der Waals surface area contributed by atoms with Crippen LogP contribution in [0.25, 0.3) is 0 Å². The van der Waals surface area contributed by atoms with E-state index >= 15 is 0 Å². The Labute approximate surface area is 119 Å². The van der Waals surface area contributed by atoms with E-state index in [1.54, 1.807) is 0 Å². The summed E-state index contributed by atoms with van der Waals surface area (Å²) in [6.07, 6.45) is 1.17. The average molecular weight is 311 g/mol. The molecule has 100 valence electrons. The molecule has 3 heteroatoms. The molecule has 0 amide bonds. The average Bonchev–Trinajstić information content (AvgIpc) is 2.32. The molecule has 1 aromatic carbocycles. The zero-order chi connectivity index (χ0) is 13.4. The van der Waals surface area contributed by atoms with Crippen LogP contribution in [0.2, 0.25) is 0 Å². The largest absolute Gasteiger partial charge is 0.313 e. The minimum absolute atomic E-state index is 0.915. The van der Waals surface area contributed by atoms with E-state index in [0.29, 0.717) is 0 Å². The molecule has 2 nitrogen and oxygen atoms in total. The molecule has 0 aliphatic rings. The molecule has 0 spiro atoms. The lowest BCUT2D eigenvalue weighted by atomic mass is 10.2. The molecule has 1 aromatic rings. The molecule has 0 saturated heterocycles. The molecule has 0 heterocycles. The van der Waals surface area contributed by atoms with Crippen LogP contribution < -0.4 is 5.32 Å². The third-order valence-corrected chi connectivity index (χ3v) is 3.19. The third kappa shape index (κ3) is 6.34. The normalized spacial score (nSPS) is 10.9. The highest BCUT2D eigenvalue weighted by molar-refractivity contribution is 9.10. The second-order valence-electron chi connectivity index (χ2n) is 4.73. The van der Waals surface area contributed by atoms with Gasteiger partial charge in [0.25, 0.3) is 0 Å². The van der Waals surface area contributed by atoms with E-state index in [1.807, 2.05) is 0 Å². The Morgan fingerprint density at radius 3 is 2.61 bits per heavy atom. The molecular weight excluding hydrogens is 288 g/mol. The SMILES string of the molecule is C=C(CNCCC)CN(C)Cc1ccc(Br)cc1. The number of benzene rings is 1. The van der Waals surface area contributed by atoms with Crippen molar-refractivity contribution in [2.75, 3.05) is 26.7 Å². The van der Waals surface area contributed by atoms with Crippen LogP contribution in [0.4, 0.5) is 0 Å². The zero-order valence-corrected chi connectivity index (χ0v) is 13.0. The number of likely N-dealkylation sites (N-methyl/N-ethyl adjacent to an activating group) is 1. The fourth-order valence-corrected chi connectivity index (χ4v) is 2.10. The standard InChI is InChI=1S/C15H23BrN2/c1-4-9-17-10-13(2)11-18(3)12-14-5-7-15(16)8-6-14/h5-8,17H,2,4,9-12H2,1,3H3. The summed E-state index contributed by atoms with van der Waals surface area (Å²) in [6, 6.07) is 8.47. The smallest absolute Gasteiger partial charge is 0.0234 e. The van der Waals surface area contributed by atoms with E-state index < -0.39 is 0 Å². The van der Waals surface area contributed by atoms with Gasteiger partial charge in [-0.3, -0.25) is 4.90 Å². The lowest BCUT2D eigenvalue weighted by molar-refractivity contribution is 0.352. The van der Waals surface area contributed by atoms with Crippen molar-refractivity contribution in [1.29, 1.82) is 0 Å². The molecule has 0 bridgehead atoms. The van der Waals surface area contributed by atoms with Crippen LogP contribution in [-0.4, -0.2) is 31.6 Å². The van der Waals surface area contributed by atoms with Crippen LogP contribution in [0.15, 0.2) is 40.9 Å². The van der Waals surface area contributed by atoms with Crippen LogP contribution in [0, 0.1) is 0 Å². The topological polar surface area (TPSA) is 15.3 Å². The van der Waals surface area contributed by atoms with Gasteiger partial charge in [-0.25, -0.2) is 0 Å². The monoisotopic (exact) mass is 310 g/mol. The Balaban J connectivity index is 2.30. The van der Waals surface area contributed by atoms with Gasteiger partial charge < -0.3 is 5.32 Å². The van der Waals surface area contributed by atoms with Crippen molar-refractivity contribution >= 4 is 15.9 Å².